The summed E-state index contributed by atoms with van der Waals surface area (Å²) in [6, 6.07) is 10.7. The molecule has 2 aliphatic rings. The molecular formula is C17H25NO. The van der Waals surface area contributed by atoms with Crippen LogP contribution in [0, 0.1) is 5.41 Å². The maximum atomic E-state index is 10.4. The zero-order valence-electron chi connectivity index (χ0n) is 11.7. The molecule has 19 heavy (non-hydrogen) atoms. The second-order valence-corrected chi connectivity index (χ2v) is 6.42. The molecule has 1 aliphatic carbocycles. The maximum Gasteiger partial charge on any atom is 0.0608 e. The predicted molar refractivity (Wildman–Crippen MR) is 77.9 cm³/mol. The number of hydrogen-bond acceptors (Lipinski definition) is 2. The van der Waals surface area contributed by atoms with Crippen molar-refractivity contribution in [2.75, 3.05) is 13.1 Å². The third-order valence-electron chi connectivity index (χ3n) is 5.05. The molecule has 0 radical (unpaired) electrons. The van der Waals surface area contributed by atoms with Gasteiger partial charge in [0.15, 0.2) is 0 Å². The van der Waals surface area contributed by atoms with E-state index in [1.807, 2.05) is 0 Å². The molecule has 0 unspecified atom stereocenters. The minimum atomic E-state index is -0.0696. The van der Waals surface area contributed by atoms with Crippen molar-refractivity contribution >= 4 is 0 Å². The highest BCUT2D eigenvalue weighted by Crippen LogP contribution is 2.43. The Bertz CT molecular complexity index is 401. The standard InChI is InChI=1S/C17H25NO/c19-16-9-4-5-10-17(16)11-6-12-18(14-17)13-15-7-2-1-3-8-15/h1-3,7-8,16,19H,4-6,9-14H2/t16-,17+/m1/s1. The molecule has 0 amide bonds. The van der Waals surface area contributed by atoms with Crippen molar-refractivity contribution in [1.82, 2.24) is 4.90 Å². The Balaban J connectivity index is 1.67. The van der Waals surface area contributed by atoms with Gasteiger partial charge in [-0.25, -0.2) is 0 Å². The normalized spacial score (nSPS) is 32.6. The summed E-state index contributed by atoms with van der Waals surface area (Å²) in [4.78, 5) is 2.55. The fourth-order valence-corrected chi connectivity index (χ4v) is 4.00. The fourth-order valence-electron chi connectivity index (χ4n) is 4.00. The zero-order valence-corrected chi connectivity index (χ0v) is 11.7. The molecule has 1 N–H and O–H groups in total. The lowest BCUT2D eigenvalue weighted by atomic mass is 9.67. The molecule has 2 heteroatoms. The van der Waals surface area contributed by atoms with Gasteiger partial charge in [-0.3, -0.25) is 4.90 Å². The van der Waals surface area contributed by atoms with Gasteiger partial charge < -0.3 is 5.11 Å². The molecular weight excluding hydrogens is 234 g/mol. The SMILES string of the molecule is O[C@@H]1CCCC[C@@]12CCCN(Cc1ccccc1)C2. The van der Waals surface area contributed by atoms with Crippen molar-refractivity contribution in [3.63, 3.8) is 0 Å². The monoisotopic (exact) mass is 259 g/mol. The lowest BCUT2D eigenvalue weighted by molar-refractivity contribution is -0.0612. The molecule has 104 valence electrons. The minimum Gasteiger partial charge on any atom is -0.393 e. The van der Waals surface area contributed by atoms with Gasteiger partial charge in [0, 0.05) is 18.5 Å². The molecule has 2 fully saturated rings. The summed E-state index contributed by atoms with van der Waals surface area (Å²) in [6.45, 7) is 3.31. The highest BCUT2D eigenvalue weighted by atomic mass is 16.3. The van der Waals surface area contributed by atoms with E-state index in [1.165, 1.54) is 44.2 Å². The Morgan fingerprint density at radius 2 is 1.89 bits per heavy atom. The van der Waals surface area contributed by atoms with Gasteiger partial charge in [0.25, 0.3) is 0 Å². The Hall–Kier alpha value is -0.860. The number of piperidine rings is 1. The van der Waals surface area contributed by atoms with Crippen LogP contribution in [0.2, 0.25) is 0 Å². The highest BCUT2D eigenvalue weighted by molar-refractivity contribution is 5.14. The Labute approximate surface area is 116 Å². The predicted octanol–water partition coefficient (Wildman–Crippen LogP) is 3.20. The van der Waals surface area contributed by atoms with E-state index in [0.29, 0.717) is 0 Å². The summed E-state index contributed by atoms with van der Waals surface area (Å²) in [7, 11) is 0. The number of likely N-dealkylation sites (tertiary alicyclic amines) is 1. The second-order valence-electron chi connectivity index (χ2n) is 6.42. The summed E-state index contributed by atoms with van der Waals surface area (Å²) in [5, 5.41) is 10.4. The van der Waals surface area contributed by atoms with Crippen molar-refractivity contribution in [1.29, 1.82) is 0 Å². The van der Waals surface area contributed by atoms with E-state index in [4.69, 9.17) is 0 Å². The van der Waals surface area contributed by atoms with Gasteiger partial charge in [-0.15, -0.1) is 0 Å². The van der Waals surface area contributed by atoms with Gasteiger partial charge in [-0.05, 0) is 37.8 Å². The third kappa shape index (κ3) is 2.85. The molecule has 0 aromatic heterocycles. The van der Waals surface area contributed by atoms with Crippen molar-refractivity contribution in [2.24, 2.45) is 5.41 Å². The van der Waals surface area contributed by atoms with Crippen LogP contribution in [0.25, 0.3) is 0 Å². The minimum absolute atomic E-state index is 0.0696. The first-order valence-electron chi connectivity index (χ1n) is 7.73. The van der Waals surface area contributed by atoms with Crippen LogP contribution in [0.4, 0.5) is 0 Å². The summed E-state index contributed by atoms with van der Waals surface area (Å²) in [6.07, 6.45) is 7.14. The zero-order chi connectivity index (χ0) is 13.1. The maximum absolute atomic E-state index is 10.4. The van der Waals surface area contributed by atoms with Crippen molar-refractivity contribution < 1.29 is 5.11 Å². The third-order valence-corrected chi connectivity index (χ3v) is 5.05. The number of benzene rings is 1. The molecule has 1 saturated carbocycles. The average Bonchev–Trinajstić information content (AvgIpc) is 2.44. The first-order chi connectivity index (χ1) is 9.28. The smallest absolute Gasteiger partial charge is 0.0608 e. The Morgan fingerprint density at radius 3 is 2.68 bits per heavy atom. The van der Waals surface area contributed by atoms with Crippen LogP contribution in [0.15, 0.2) is 30.3 Å². The number of aliphatic hydroxyl groups excluding tert-OH is 1. The van der Waals surface area contributed by atoms with Gasteiger partial charge in [0.1, 0.15) is 0 Å². The van der Waals surface area contributed by atoms with Gasteiger partial charge in [0.05, 0.1) is 6.10 Å². The first kappa shape index (κ1) is 13.1. The molecule has 2 atom stereocenters. The summed E-state index contributed by atoms with van der Waals surface area (Å²) < 4.78 is 0. The van der Waals surface area contributed by atoms with Crippen LogP contribution in [0.1, 0.15) is 44.1 Å². The van der Waals surface area contributed by atoms with Crippen LogP contribution in [-0.2, 0) is 6.54 Å². The lowest BCUT2D eigenvalue weighted by Gasteiger charge is -2.48. The molecule has 3 rings (SSSR count). The van der Waals surface area contributed by atoms with E-state index < -0.39 is 0 Å². The van der Waals surface area contributed by atoms with Crippen molar-refractivity contribution in [2.45, 2.75) is 51.2 Å². The van der Waals surface area contributed by atoms with E-state index in [-0.39, 0.29) is 11.5 Å². The van der Waals surface area contributed by atoms with E-state index in [0.717, 1.165) is 19.5 Å². The summed E-state index contributed by atoms with van der Waals surface area (Å²) >= 11 is 0. The topological polar surface area (TPSA) is 23.5 Å². The van der Waals surface area contributed by atoms with E-state index in [1.54, 1.807) is 0 Å². The lowest BCUT2D eigenvalue weighted by Crippen LogP contribution is -2.50. The van der Waals surface area contributed by atoms with Crippen molar-refractivity contribution in [3.05, 3.63) is 35.9 Å². The Morgan fingerprint density at radius 1 is 1.11 bits per heavy atom. The fraction of sp³-hybridized carbons (Fsp3) is 0.647. The number of hydrogen-bond donors (Lipinski definition) is 1. The van der Waals surface area contributed by atoms with Crippen LogP contribution < -0.4 is 0 Å². The molecule has 0 bridgehead atoms. The van der Waals surface area contributed by atoms with Crippen LogP contribution in [0.5, 0.6) is 0 Å². The molecule has 1 heterocycles. The summed E-state index contributed by atoms with van der Waals surface area (Å²) in [5.74, 6) is 0. The van der Waals surface area contributed by atoms with E-state index >= 15 is 0 Å². The van der Waals surface area contributed by atoms with Gasteiger partial charge in [-0.1, -0.05) is 43.2 Å². The highest BCUT2D eigenvalue weighted by Gasteiger charge is 2.42. The molecule has 1 aliphatic heterocycles. The molecule has 1 spiro atoms. The largest absolute Gasteiger partial charge is 0.393 e. The first-order valence-corrected chi connectivity index (χ1v) is 7.73. The Kier molecular flexibility index (Phi) is 3.90. The van der Waals surface area contributed by atoms with Crippen LogP contribution in [-0.4, -0.2) is 29.2 Å². The average molecular weight is 259 g/mol. The van der Waals surface area contributed by atoms with Gasteiger partial charge >= 0.3 is 0 Å². The molecule has 1 aromatic carbocycles. The van der Waals surface area contributed by atoms with E-state index in [9.17, 15) is 5.11 Å². The quantitative estimate of drug-likeness (QED) is 0.881. The molecule has 1 saturated heterocycles. The summed E-state index contributed by atoms with van der Waals surface area (Å²) in [5.41, 5.74) is 1.59. The second kappa shape index (κ2) is 5.64. The van der Waals surface area contributed by atoms with Crippen LogP contribution in [0.3, 0.4) is 0 Å². The molecule has 1 aromatic rings. The number of nitrogens with zero attached hydrogens (tertiary/aromatic N) is 1. The van der Waals surface area contributed by atoms with Crippen LogP contribution >= 0.6 is 0 Å². The number of rotatable bonds is 2. The molecule has 2 nitrogen and oxygen atoms in total. The van der Waals surface area contributed by atoms with Gasteiger partial charge in [0.2, 0.25) is 0 Å². The van der Waals surface area contributed by atoms with Gasteiger partial charge in [-0.2, -0.15) is 0 Å². The van der Waals surface area contributed by atoms with Crippen molar-refractivity contribution in [3.8, 4) is 0 Å². The number of aliphatic hydroxyl groups is 1. The van der Waals surface area contributed by atoms with E-state index in [2.05, 4.69) is 35.2 Å².